The van der Waals surface area contributed by atoms with Crippen molar-refractivity contribution < 1.29 is 18.1 Å². The van der Waals surface area contributed by atoms with E-state index in [2.05, 4.69) is 6.92 Å². The number of unbranched alkanes of at least 4 members (excludes halogenated alkanes) is 6. The predicted molar refractivity (Wildman–Crippen MR) is 74.2 cm³/mol. The first kappa shape index (κ1) is 17.9. The second kappa shape index (κ2) is 9.75. The zero-order valence-electron chi connectivity index (χ0n) is 11.6. The van der Waals surface area contributed by atoms with Gasteiger partial charge in [-0.2, -0.15) is 8.42 Å². The molecule has 4 nitrogen and oxygen atoms in total. The van der Waals surface area contributed by atoms with E-state index >= 15 is 0 Å². The van der Waals surface area contributed by atoms with Crippen molar-refractivity contribution in [3.8, 4) is 0 Å². The molecule has 18 heavy (non-hydrogen) atoms. The van der Waals surface area contributed by atoms with Crippen molar-refractivity contribution in [3.63, 3.8) is 0 Å². The van der Waals surface area contributed by atoms with Gasteiger partial charge in [0.25, 0.3) is 10.1 Å². The maximum atomic E-state index is 10.8. The van der Waals surface area contributed by atoms with E-state index in [0.717, 1.165) is 12.8 Å². The van der Waals surface area contributed by atoms with Gasteiger partial charge in [0, 0.05) is 0 Å². The molecule has 0 amide bonds. The summed E-state index contributed by atoms with van der Waals surface area (Å²) in [5.74, 6) is 0. The molecule has 0 fully saturated rings. The Hall–Kier alpha value is -0.130. The van der Waals surface area contributed by atoms with E-state index in [1.165, 1.54) is 39.0 Å². The van der Waals surface area contributed by atoms with Crippen LogP contribution in [0.3, 0.4) is 0 Å². The standard InChI is InChI=1S/C13H28O4S/c1-3-4-5-6-7-8-9-10-13(14)11-12(2)18(15,16)17/h12-14H,3-11H2,1-2H3,(H,15,16,17). The van der Waals surface area contributed by atoms with Crippen LogP contribution in [-0.2, 0) is 10.1 Å². The fraction of sp³-hybridized carbons (Fsp3) is 1.00. The average Bonchev–Trinajstić information content (AvgIpc) is 2.26. The molecular formula is C13H28O4S. The Morgan fingerprint density at radius 1 is 1.00 bits per heavy atom. The van der Waals surface area contributed by atoms with Crippen LogP contribution in [0, 0.1) is 0 Å². The molecule has 2 atom stereocenters. The highest BCUT2D eigenvalue weighted by atomic mass is 32.2. The van der Waals surface area contributed by atoms with Crippen molar-refractivity contribution in [2.45, 2.75) is 83.0 Å². The lowest BCUT2D eigenvalue weighted by molar-refractivity contribution is 0.149. The van der Waals surface area contributed by atoms with Gasteiger partial charge in [-0.1, -0.05) is 51.9 Å². The van der Waals surface area contributed by atoms with Gasteiger partial charge in [0.1, 0.15) is 0 Å². The van der Waals surface area contributed by atoms with Gasteiger partial charge in [-0.15, -0.1) is 0 Å². The van der Waals surface area contributed by atoms with Gasteiger partial charge < -0.3 is 5.11 Å². The van der Waals surface area contributed by atoms with E-state index in [9.17, 15) is 13.5 Å². The minimum Gasteiger partial charge on any atom is -0.393 e. The molecule has 0 aliphatic rings. The van der Waals surface area contributed by atoms with Crippen LogP contribution in [0.2, 0.25) is 0 Å². The summed E-state index contributed by atoms with van der Waals surface area (Å²) in [6, 6.07) is 0. The maximum absolute atomic E-state index is 10.8. The Labute approximate surface area is 112 Å². The SMILES string of the molecule is CCCCCCCCCC(O)CC(C)S(=O)(=O)O. The molecule has 5 heteroatoms. The Kier molecular flexibility index (Phi) is 9.68. The van der Waals surface area contributed by atoms with Crippen LogP contribution in [0.5, 0.6) is 0 Å². The third-order valence-electron chi connectivity index (χ3n) is 3.25. The number of hydrogen-bond acceptors (Lipinski definition) is 3. The van der Waals surface area contributed by atoms with E-state index < -0.39 is 21.5 Å². The van der Waals surface area contributed by atoms with Gasteiger partial charge >= 0.3 is 0 Å². The molecule has 0 aliphatic carbocycles. The third kappa shape index (κ3) is 9.85. The zero-order chi connectivity index (χ0) is 14.0. The Balaban J connectivity index is 3.51. The predicted octanol–water partition coefficient (Wildman–Crippen LogP) is 3.15. The first-order chi connectivity index (χ1) is 8.38. The molecule has 110 valence electrons. The van der Waals surface area contributed by atoms with Gasteiger partial charge in [-0.25, -0.2) is 0 Å². The molecule has 0 aromatic rings. The lowest BCUT2D eigenvalue weighted by Crippen LogP contribution is -2.23. The molecule has 2 unspecified atom stereocenters. The van der Waals surface area contributed by atoms with Gasteiger partial charge in [0.2, 0.25) is 0 Å². The van der Waals surface area contributed by atoms with Gasteiger partial charge in [-0.05, 0) is 19.8 Å². The summed E-state index contributed by atoms with van der Waals surface area (Å²) in [6.07, 6.45) is 8.35. The number of aliphatic hydroxyl groups excluding tert-OH is 1. The molecule has 0 rings (SSSR count). The van der Waals surface area contributed by atoms with Crippen LogP contribution in [0.1, 0.15) is 71.6 Å². The van der Waals surface area contributed by atoms with Crippen LogP contribution >= 0.6 is 0 Å². The minimum atomic E-state index is -4.00. The van der Waals surface area contributed by atoms with Crippen molar-refractivity contribution in [2.75, 3.05) is 0 Å². The summed E-state index contributed by atoms with van der Waals surface area (Å²) in [5, 5.41) is 8.77. The molecular weight excluding hydrogens is 252 g/mol. The summed E-state index contributed by atoms with van der Waals surface area (Å²) in [7, 11) is -4.00. The van der Waals surface area contributed by atoms with Crippen molar-refractivity contribution in [3.05, 3.63) is 0 Å². The maximum Gasteiger partial charge on any atom is 0.267 e. The third-order valence-corrected chi connectivity index (χ3v) is 4.46. The average molecular weight is 280 g/mol. The number of aliphatic hydroxyl groups is 1. The second-order valence-electron chi connectivity index (χ2n) is 5.13. The van der Waals surface area contributed by atoms with Crippen LogP contribution in [0.4, 0.5) is 0 Å². The molecule has 0 radical (unpaired) electrons. The molecule has 0 saturated heterocycles. The smallest absolute Gasteiger partial charge is 0.267 e. The molecule has 0 aliphatic heterocycles. The van der Waals surface area contributed by atoms with Crippen LogP contribution in [0.15, 0.2) is 0 Å². The number of rotatable bonds is 11. The summed E-state index contributed by atoms with van der Waals surface area (Å²) in [4.78, 5) is 0. The van der Waals surface area contributed by atoms with E-state index in [-0.39, 0.29) is 6.42 Å². The normalized spacial score (nSPS) is 15.6. The summed E-state index contributed by atoms with van der Waals surface area (Å²) < 4.78 is 30.4. The molecule has 0 aromatic heterocycles. The second-order valence-corrected chi connectivity index (χ2v) is 6.96. The van der Waals surface area contributed by atoms with Crippen molar-refractivity contribution >= 4 is 10.1 Å². The highest BCUT2D eigenvalue weighted by molar-refractivity contribution is 7.86. The fourth-order valence-corrected chi connectivity index (χ4v) is 2.43. The Bertz CT molecular complexity index is 287. The fourth-order valence-electron chi connectivity index (χ4n) is 1.96. The molecule has 0 heterocycles. The monoisotopic (exact) mass is 280 g/mol. The van der Waals surface area contributed by atoms with Gasteiger partial charge in [-0.3, -0.25) is 4.55 Å². The highest BCUT2D eigenvalue weighted by Crippen LogP contribution is 2.14. The van der Waals surface area contributed by atoms with E-state index in [4.69, 9.17) is 4.55 Å². The van der Waals surface area contributed by atoms with E-state index in [0.29, 0.717) is 6.42 Å². The first-order valence-corrected chi connectivity index (χ1v) is 8.52. The van der Waals surface area contributed by atoms with Crippen LogP contribution in [0.25, 0.3) is 0 Å². The summed E-state index contributed by atoms with van der Waals surface area (Å²) in [6.45, 7) is 3.61. The minimum absolute atomic E-state index is 0.120. The lowest BCUT2D eigenvalue weighted by atomic mass is 10.0. The van der Waals surface area contributed by atoms with Gasteiger partial charge in [0.05, 0.1) is 11.4 Å². The zero-order valence-corrected chi connectivity index (χ0v) is 12.5. The molecule has 2 N–H and O–H groups in total. The summed E-state index contributed by atoms with van der Waals surface area (Å²) in [5.41, 5.74) is 0. The van der Waals surface area contributed by atoms with Crippen molar-refractivity contribution in [1.29, 1.82) is 0 Å². The Morgan fingerprint density at radius 3 is 2.00 bits per heavy atom. The highest BCUT2D eigenvalue weighted by Gasteiger charge is 2.20. The largest absolute Gasteiger partial charge is 0.393 e. The lowest BCUT2D eigenvalue weighted by Gasteiger charge is -2.14. The first-order valence-electron chi connectivity index (χ1n) is 7.02. The van der Waals surface area contributed by atoms with E-state index in [1.807, 2.05) is 0 Å². The molecule has 0 spiro atoms. The topological polar surface area (TPSA) is 74.6 Å². The van der Waals surface area contributed by atoms with Crippen LogP contribution in [-0.4, -0.2) is 29.4 Å². The number of hydrogen-bond donors (Lipinski definition) is 2. The van der Waals surface area contributed by atoms with Crippen molar-refractivity contribution in [2.24, 2.45) is 0 Å². The van der Waals surface area contributed by atoms with Crippen LogP contribution < -0.4 is 0 Å². The van der Waals surface area contributed by atoms with E-state index in [1.54, 1.807) is 0 Å². The quantitative estimate of drug-likeness (QED) is 0.450. The molecule has 0 aromatic carbocycles. The molecule has 0 bridgehead atoms. The van der Waals surface area contributed by atoms with Crippen molar-refractivity contribution in [1.82, 2.24) is 0 Å². The molecule has 0 saturated carbocycles. The van der Waals surface area contributed by atoms with Gasteiger partial charge in [0.15, 0.2) is 0 Å². The Morgan fingerprint density at radius 2 is 1.50 bits per heavy atom. The summed E-state index contributed by atoms with van der Waals surface area (Å²) >= 11 is 0.